The monoisotopic (exact) mass is 370 g/mol. The molecule has 0 saturated heterocycles. The standard InChI is InChI=1S/C19H19ClN4O2/c1-12(14-7-5-4-6-8-14)21-19(25)18-13(2)24(23-22-18)16-11-15(20)9-10-17(16)26-3/h4-12H,1-3H3,(H,21,25)/t12-/m1/s1. The normalized spacial score (nSPS) is 11.8. The molecule has 1 amide bonds. The molecule has 26 heavy (non-hydrogen) atoms. The number of halogens is 1. The molecule has 1 atom stereocenters. The Balaban J connectivity index is 1.87. The van der Waals surface area contributed by atoms with Gasteiger partial charge in [0.05, 0.1) is 18.8 Å². The second-order valence-electron chi connectivity index (χ2n) is 5.86. The van der Waals surface area contributed by atoms with Crippen LogP contribution in [0.25, 0.3) is 5.69 Å². The van der Waals surface area contributed by atoms with Crippen LogP contribution in [0, 0.1) is 6.92 Å². The van der Waals surface area contributed by atoms with Gasteiger partial charge in [0.25, 0.3) is 5.91 Å². The fourth-order valence-corrected chi connectivity index (χ4v) is 2.85. The van der Waals surface area contributed by atoms with Gasteiger partial charge in [-0.25, -0.2) is 4.68 Å². The summed E-state index contributed by atoms with van der Waals surface area (Å²) in [6, 6.07) is 14.8. The summed E-state index contributed by atoms with van der Waals surface area (Å²) in [6.45, 7) is 3.70. The zero-order chi connectivity index (χ0) is 18.7. The molecule has 1 N–H and O–H groups in total. The molecule has 7 heteroatoms. The molecule has 0 aliphatic carbocycles. The number of nitrogens with one attached hydrogen (secondary N) is 1. The maximum absolute atomic E-state index is 12.6. The van der Waals surface area contributed by atoms with Crippen LogP contribution < -0.4 is 10.1 Å². The van der Waals surface area contributed by atoms with Gasteiger partial charge in [0.2, 0.25) is 0 Å². The lowest BCUT2D eigenvalue weighted by atomic mass is 10.1. The minimum atomic E-state index is -0.286. The Kier molecular flexibility index (Phi) is 5.23. The van der Waals surface area contributed by atoms with Gasteiger partial charge < -0.3 is 10.1 Å². The number of hydrogen-bond acceptors (Lipinski definition) is 4. The maximum Gasteiger partial charge on any atom is 0.274 e. The average molecular weight is 371 g/mol. The highest BCUT2D eigenvalue weighted by Crippen LogP contribution is 2.27. The van der Waals surface area contributed by atoms with E-state index in [2.05, 4.69) is 15.6 Å². The summed E-state index contributed by atoms with van der Waals surface area (Å²) in [5.41, 5.74) is 2.50. The molecule has 0 aliphatic heterocycles. The lowest BCUT2D eigenvalue weighted by Gasteiger charge is -2.13. The highest BCUT2D eigenvalue weighted by Gasteiger charge is 2.21. The van der Waals surface area contributed by atoms with Crippen molar-refractivity contribution < 1.29 is 9.53 Å². The fourth-order valence-electron chi connectivity index (χ4n) is 2.69. The van der Waals surface area contributed by atoms with Gasteiger partial charge in [0.1, 0.15) is 11.4 Å². The average Bonchev–Trinajstić information content (AvgIpc) is 3.03. The lowest BCUT2D eigenvalue weighted by Crippen LogP contribution is -2.27. The zero-order valence-electron chi connectivity index (χ0n) is 14.7. The predicted octanol–water partition coefficient (Wildman–Crippen LogP) is 3.73. The first-order valence-electron chi connectivity index (χ1n) is 8.13. The van der Waals surface area contributed by atoms with Crippen molar-refractivity contribution in [3.8, 4) is 11.4 Å². The fraction of sp³-hybridized carbons (Fsp3) is 0.211. The summed E-state index contributed by atoms with van der Waals surface area (Å²) in [7, 11) is 1.56. The number of hydrogen-bond donors (Lipinski definition) is 1. The number of methoxy groups -OCH3 is 1. The van der Waals surface area contributed by atoms with Crippen molar-refractivity contribution in [1.29, 1.82) is 0 Å². The van der Waals surface area contributed by atoms with Gasteiger partial charge in [0, 0.05) is 5.02 Å². The van der Waals surface area contributed by atoms with E-state index in [9.17, 15) is 4.79 Å². The Morgan fingerprint density at radius 2 is 1.96 bits per heavy atom. The van der Waals surface area contributed by atoms with Crippen molar-refractivity contribution in [2.45, 2.75) is 19.9 Å². The number of nitrogens with zero attached hydrogens (tertiary/aromatic N) is 3. The Morgan fingerprint density at radius 3 is 2.65 bits per heavy atom. The van der Waals surface area contributed by atoms with Crippen molar-refractivity contribution in [2.24, 2.45) is 0 Å². The number of carbonyl (C=O) groups excluding carboxylic acids is 1. The second-order valence-corrected chi connectivity index (χ2v) is 6.29. The Hall–Kier alpha value is -2.86. The van der Waals surface area contributed by atoms with E-state index in [1.165, 1.54) is 0 Å². The number of ether oxygens (including phenoxy) is 1. The van der Waals surface area contributed by atoms with Gasteiger partial charge in [-0.15, -0.1) is 5.10 Å². The van der Waals surface area contributed by atoms with Crippen LogP contribution in [0.3, 0.4) is 0 Å². The molecule has 0 radical (unpaired) electrons. The summed E-state index contributed by atoms with van der Waals surface area (Å²) in [5, 5.41) is 11.6. The number of rotatable bonds is 5. The van der Waals surface area contributed by atoms with Crippen molar-refractivity contribution >= 4 is 17.5 Å². The van der Waals surface area contributed by atoms with Gasteiger partial charge in [-0.2, -0.15) is 0 Å². The van der Waals surface area contributed by atoms with Crippen LogP contribution in [-0.2, 0) is 0 Å². The van der Waals surface area contributed by atoms with Gasteiger partial charge in [-0.05, 0) is 37.6 Å². The van der Waals surface area contributed by atoms with E-state index >= 15 is 0 Å². The van der Waals surface area contributed by atoms with Crippen LogP contribution in [-0.4, -0.2) is 28.0 Å². The molecule has 1 aromatic heterocycles. The second kappa shape index (κ2) is 7.58. The summed E-state index contributed by atoms with van der Waals surface area (Å²) in [5.74, 6) is 0.304. The quantitative estimate of drug-likeness (QED) is 0.743. The van der Waals surface area contributed by atoms with Gasteiger partial charge in [0.15, 0.2) is 5.69 Å². The summed E-state index contributed by atoms with van der Waals surface area (Å²) >= 11 is 6.09. The first-order chi connectivity index (χ1) is 12.5. The molecule has 0 fully saturated rings. The van der Waals surface area contributed by atoms with E-state index in [0.717, 1.165) is 5.56 Å². The topological polar surface area (TPSA) is 69.0 Å². The van der Waals surface area contributed by atoms with Crippen molar-refractivity contribution in [1.82, 2.24) is 20.3 Å². The van der Waals surface area contributed by atoms with Crippen LogP contribution in [0.5, 0.6) is 5.75 Å². The molecule has 1 heterocycles. The van der Waals surface area contributed by atoms with Crippen LogP contribution in [0.4, 0.5) is 0 Å². The molecule has 0 bridgehead atoms. The minimum Gasteiger partial charge on any atom is -0.494 e. The van der Waals surface area contributed by atoms with Gasteiger partial charge in [-0.1, -0.05) is 47.1 Å². The first-order valence-corrected chi connectivity index (χ1v) is 8.51. The van der Waals surface area contributed by atoms with Gasteiger partial charge >= 0.3 is 0 Å². The number of benzene rings is 2. The predicted molar refractivity (Wildman–Crippen MR) is 100.0 cm³/mol. The summed E-state index contributed by atoms with van der Waals surface area (Å²) in [4.78, 5) is 12.6. The summed E-state index contributed by atoms with van der Waals surface area (Å²) < 4.78 is 6.90. The lowest BCUT2D eigenvalue weighted by molar-refractivity contribution is 0.0934. The van der Waals surface area contributed by atoms with Crippen LogP contribution in [0.1, 0.15) is 34.7 Å². The molecule has 0 spiro atoms. The highest BCUT2D eigenvalue weighted by molar-refractivity contribution is 6.30. The van der Waals surface area contributed by atoms with E-state index in [-0.39, 0.29) is 17.6 Å². The zero-order valence-corrected chi connectivity index (χ0v) is 15.5. The molecule has 0 unspecified atom stereocenters. The molecule has 0 saturated carbocycles. The third kappa shape index (κ3) is 3.55. The molecular formula is C19H19ClN4O2. The maximum atomic E-state index is 12.6. The van der Waals surface area contributed by atoms with E-state index in [1.807, 2.05) is 37.3 Å². The third-order valence-electron chi connectivity index (χ3n) is 4.13. The van der Waals surface area contributed by atoms with E-state index in [0.29, 0.717) is 22.2 Å². The Bertz CT molecular complexity index is 925. The highest BCUT2D eigenvalue weighted by atomic mass is 35.5. The van der Waals surface area contributed by atoms with E-state index in [1.54, 1.807) is 36.9 Å². The number of aromatic nitrogens is 3. The largest absolute Gasteiger partial charge is 0.494 e. The molecule has 6 nitrogen and oxygen atoms in total. The number of carbonyl (C=O) groups is 1. The van der Waals surface area contributed by atoms with E-state index in [4.69, 9.17) is 16.3 Å². The van der Waals surface area contributed by atoms with Crippen molar-refractivity contribution in [3.05, 3.63) is 70.5 Å². The van der Waals surface area contributed by atoms with E-state index < -0.39 is 0 Å². The molecule has 2 aromatic carbocycles. The Labute approximate surface area is 156 Å². The molecule has 134 valence electrons. The SMILES string of the molecule is COc1ccc(Cl)cc1-n1nnc(C(=O)N[C@H](C)c2ccccc2)c1C. The molecular weight excluding hydrogens is 352 g/mol. The minimum absolute atomic E-state index is 0.144. The van der Waals surface area contributed by atoms with Crippen LogP contribution in [0.2, 0.25) is 5.02 Å². The molecule has 0 aliphatic rings. The number of amides is 1. The summed E-state index contributed by atoms with van der Waals surface area (Å²) in [6.07, 6.45) is 0. The first kappa shape index (κ1) is 17.9. The third-order valence-corrected chi connectivity index (χ3v) is 4.36. The van der Waals surface area contributed by atoms with Crippen LogP contribution >= 0.6 is 11.6 Å². The Morgan fingerprint density at radius 1 is 1.23 bits per heavy atom. The molecule has 3 aromatic rings. The van der Waals surface area contributed by atoms with Crippen molar-refractivity contribution in [2.75, 3.05) is 7.11 Å². The van der Waals surface area contributed by atoms with Crippen LogP contribution in [0.15, 0.2) is 48.5 Å². The smallest absolute Gasteiger partial charge is 0.274 e. The van der Waals surface area contributed by atoms with Gasteiger partial charge in [-0.3, -0.25) is 4.79 Å². The molecule has 3 rings (SSSR count). The van der Waals surface area contributed by atoms with Crippen molar-refractivity contribution in [3.63, 3.8) is 0 Å².